The van der Waals surface area contributed by atoms with Crippen molar-refractivity contribution in [3.63, 3.8) is 0 Å². The third kappa shape index (κ3) is 4.35. The highest BCUT2D eigenvalue weighted by Crippen LogP contribution is 2.15. The third-order valence-corrected chi connectivity index (χ3v) is 3.04. The summed E-state index contributed by atoms with van der Waals surface area (Å²) in [6, 6.07) is 8.35. The lowest BCUT2D eigenvalue weighted by Crippen LogP contribution is -2.39. The molecular formula is C10H15ClN4O3S. The molecule has 1 aromatic rings. The summed E-state index contributed by atoms with van der Waals surface area (Å²) in [5.74, 6) is 0.611. The first-order chi connectivity index (χ1) is 8.57. The van der Waals surface area contributed by atoms with Crippen molar-refractivity contribution in [3.8, 4) is 0 Å². The van der Waals surface area contributed by atoms with Crippen molar-refractivity contribution in [1.29, 1.82) is 0 Å². The molecule has 9 heteroatoms. The van der Waals surface area contributed by atoms with Gasteiger partial charge in [0.15, 0.2) is 0 Å². The zero-order chi connectivity index (χ0) is 13.0. The number of benzene rings is 1. The van der Waals surface area contributed by atoms with E-state index in [1.54, 1.807) is 30.3 Å². The first kappa shape index (κ1) is 15.7. The van der Waals surface area contributed by atoms with Gasteiger partial charge in [0.05, 0.1) is 12.2 Å². The van der Waals surface area contributed by atoms with Crippen LogP contribution in [0.25, 0.3) is 0 Å². The van der Waals surface area contributed by atoms with E-state index in [1.807, 2.05) is 0 Å². The molecular weight excluding hydrogens is 292 g/mol. The molecule has 0 atom stereocenters. The summed E-state index contributed by atoms with van der Waals surface area (Å²) in [7, 11) is -3.98. The summed E-state index contributed by atoms with van der Waals surface area (Å²) in [4.78, 5) is 9.31. The van der Waals surface area contributed by atoms with E-state index in [0.717, 1.165) is 6.54 Å². The summed E-state index contributed by atoms with van der Waals surface area (Å²) in [5.41, 5.74) is 0.346. The Hall–Kier alpha value is -1.35. The van der Waals surface area contributed by atoms with Crippen LogP contribution in [0.3, 0.4) is 0 Å². The number of aliphatic imine (C=N–C) groups is 1. The molecule has 1 aliphatic heterocycles. The van der Waals surface area contributed by atoms with E-state index < -0.39 is 10.2 Å². The standard InChI is InChI=1S/C10H14N4O3S.ClH/c11-18(15,16)14(9-4-2-1-3-5-9)17-8-10-12-6-7-13-10;/h1-5H,6-8H2,(H,12,13)(H2,11,15,16);1H. The van der Waals surface area contributed by atoms with Crippen LogP contribution in [0.1, 0.15) is 0 Å². The molecule has 106 valence electrons. The van der Waals surface area contributed by atoms with E-state index in [2.05, 4.69) is 10.3 Å². The Morgan fingerprint density at radius 2 is 2.05 bits per heavy atom. The van der Waals surface area contributed by atoms with E-state index >= 15 is 0 Å². The molecule has 1 aromatic carbocycles. The minimum absolute atomic E-state index is 0. The van der Waals surface area contributed by atoms with Crippen LogP contribution in [0.5, 0.6) is 0 Å². The van der Waals surface area contributed by atoms with Crippen molar-refractivity contribution in [3.05, 3.63) is 30.3 Å². The molecule has 3 N–H and O–H groups in total. The zero-order valence-corrected chi connectivity index (χ0v) is 11.7. The van der Waals surface area contributed by atoms with Crippen molar-refractivity contribution in [2.45, 2.75) is 0 Å². The topological polar surface area (TPSA) is 97.0 Å². The Morgan fingerprint density at radius 1 is 1.37 bits per heavy atom. The fraction of sp³-hybridized carbons (Fsp3) is 0.300. The quantitative estimate of drug-likeness (QED) is 0.751. The van der Waals surface area contributed by atoms with E-state index in [0.29, 0.717) is 22.5 Å². The molecule has 0 saturated carbocycles. The van der Waals surface area contributed by atoms with Crippen LogP contribution < -0.4 is 14.9 Å². The number of nitrogens with two attached hydrogens (primary N) is 1. The van der Waals surface area contributed by atoms with Crippen molar-refractivity contribution >= 4 is 34.1 Å². The number of anilines is 1. The average molecular weight is 307 g/mol. The Bertz CT molecular complexity index is 535. The van der Waals surface area contributed by atoms with Gasteiger partial charge < -0.3 is 5.32 Å². The molecule has 7 nitrogen and oxygen atoms in total. The normalized spacial score (nSPS) is 14.3. The molecule has 0 spiro atoms. The van der Waals surface area contributed by atoms with Crippen LogP contribution in [0, 0.1) is 0 Å². The van der Waals surface area contributed by atoms with Gasteiger partial charge in [0.25, 0.3) is 0 Å². The number of hydrogen-bond donors (Lipinski definition) is 2. The third-order valence-electron chi connectivity index (χ3n) is 2.26. The maximum atomic E-state index is 11.5. The maximum absolute atomic E-state index is 11.5. The van der Waals surface area contributed by atoms with Crippen molar-refractivity contribution < 1.29 is 13.3 Å². The molecule has 2 rings (SSSR count). The second-order valence-corrected chi connectivity index (χ2v) is 5.00. The largest absolute Gasteiger partial charge is 0.370 e. The highest BCUT2D eigenvalue weighted by molar-refractivity contribution is 7.90. The number of nitrogens with zero attached hydrogens (tertiary/aromatic N) is 2. The molecule has 1 aliphatic rings. The smallest absolute Gasteiger partial charge is 0.321 e. The Morgan fingerprint density at radius 3 is 2.58 bits per heavy atom. The minimum atomic E-state index is -3.98. The van der Waals surface area contributed by atoms with Gasteiger partial charge in [0.2, 0.25) is 0 Å². The lowest BCUT2D eigenvalue weighted by molar-refractivity contribution is 0.187. The number of rotatable bonds is 5. The number of hydrogen-bond acceptors (Lipinski definition) is 5. The minimum Gasteiger partial charge on any atom is -0.370 e. The van der Waals surface area contributed by atoms with Gasteiger partial charge >= 0.3 is 10.2 Å². The van der Waals surface area contributed by atoms with Gasteiger partial charge in [-0.05, 0) is 12.1 Å². The molecule has 0 aliphatic carbocycles. The zero-order valence-electron chi connectivity index (χ0n) is 10.0. The molecule has 0 aromatic heterocycles. The van der Waals surface area contributed by atoms with Crippen LogP contribution in [0.2, 0.25) is 0 Å². The number of para-hydroxylation sites is 1. The highest BCUT2D eigenvalue weighted by atomic mass is 35.5. The number of nitrogens with one attached hydrogen (secondary N) is 1. The fourth-order valence-electron chi connectivity index (χ4n) is 1.51. The Balaban J connectivity index is 0.00000180. The van der Waals surface area contributed by atoms with E-state index in [9.17, 15) is 8.42 Å². The van der Waals surface area contributed by atoms with Gasteiger partial charge in [0.1, 0.15) is 12.4 Å². The summed E-state index contributed by atoms with van der Waals surface area (Å²) < 4.78 is 23.6. The predicted molar refractivity (Wildman–Crippen MR) is 75.5 cm³/mol. The Labute approximate surface area is 118 Å². The van der Waals surface area contributed by atoms with Crippen molar-refractivity contribution in [1.82, 2.24) is 5.32 Å². The van der Waals surface area contributed by atoms with Gasteiger partial charge in [-0.2, -0.15) is 8.42 Å². The monoisotopic (exact) mass is 306 g/mol. The lowest BCUT2D eigenvalue weighted by atomic mass is 10.3. The predicted octanol–water partition coefficient (Wildman–Crippen LogP) is 0.0516. The number of amidine groups is 1. The highest BCUT2D eigenvalue weighted by Gasteiger charge is 2.20. The second-order valence-electron chi connectivity index (χ2n) is 3.64. The van der Waals surface area contributed by atoms with Gasteiger partial charge in [0, 0.05) is 6.54 Å². The van der Waals surface area contributed by atoms with E-state index in [1.165, 1.54) is 0 Å². The van der Waals surface area contributed by atoms with E-state index in [-0.39, 0.29) is 19.0 Å². The van der Waals surface area contributed by atoms with Crippen LogP contribution >= 0.6 is 12.4 Å². The maximum Gasteiger partial charge on any atom is 0.321 e. The first-order valence-corrected chi connectivity index (χ1v) is 6.86. The summed E-state index contributed by atoms with van der Waals surface area (Å²) in [6.07, 6.45) is 0. The molecule has 0 radical (unpaired) electrons. The fourth-order valence-corrected chi connectivity index (χ4v) is 2.12. The average Bonchev–Trinajstić information content (AvgIpc) is 2.82. The van der Waals surface area contributed by atoms with Gasteiger partial charge in [-0.1, -0.05) is 18.2 Å². The summed E-state index contributed by atoms with van der Waals surface area (Å²) >= 11 is 0. The van der Waals surface area contributed by atoms with Gasteiger partial charge in [-0.15, -0.1) is 16.9 Å². The first-order valence-electron chi connectivity index (χ1n) is 5.35. The van der Waals surface area contributed by atoms with Crippen LogP contribution in [-0.2, 0) is 15.0 Å². The molecule has 0 unspecified atom stereocenters. The Kier molecular flexibility index (Phi) is 5.55. The molecule has 0 bridgehead atoms. The van der Waals surface area contributed by atoms with Crippen molar-refractivity contribution in [2.24, 2.45) is 10.1 Å². The van der Waals surface area contributed by atoms with Gasteiger partial charge in [-0.25, -0.2) is 9.98 Å². The molecule has 19 heavy (non-hydrogen) atoms. The summed E-state index contributed by atoms with van der Waals surface area (Å²) in [5, 5.41) is 8.09. The molecule has 0 amide bonds. The van der Waals surface area contributed by atoms with Crippen molar-refractivity contribution in [2.75, 3.05) is 24.2 Å². The second kappa shape index (κ2) is 6.71. The van der Waals surface area contributed by atoms with Crippen LogP contribution in [0.15, 0.2) is 35.3 Å². The number of halogens is 1. The SMILES string of the molecule is Cl.NS(=O)(=O)N(OCC1=NCCN1)c1ccccc1. The molecule has 0 saturated heterocycles. The molecule has 0 fully saturated rings. The van der Waals surface area contributed by atoms with Crippen LogP contribution in [-0.4, -0.2) is 33.9 Å². The lowest BCUT2D eigenvalue weighted by Gasteiger charge is -2.20. The molecule has 1 heterocycles. The van der Waals surface area contributed by atoms with E-state index in [4.69, 9.17) is 9.98 Å². The van der Waals surface area contributed by atoms with Crippen LogP contribution in [0.4, 0.5) is 5.69 Å². The summed E-state index contributed by atoms with van der Waals surface area (Å²) in [6.45, 7) is 1.43. The van der Waals surface area contributed by atoms with Gasteiger partial charge in [-0.3, -0.25) is 4.99 Å².